The summed E-state index contributed by atoms with van der Waals surface area (Å²) in [5, 5.41) is 15.8. The lowest BCUT2D eigenvalue weighted by molar-refractivity contribution is 0.663. The Morgan fingerprint density at radius 1 is 0.739 bits per heavy atom. The Balaban J connectivity index is 0.000000205. The third-order valence-corrected chi connectivity index (χ3v) is 12.2. The van der Waals surface area contributed by atoms with Crippen LogP contribution in [0.5, 0.6) is 0 Å². The summed E-state index contributed by atoms with van der Waals surface area (Å²) in [5.74, 6) is 2.24. The second-order valence-electron chi connectivity index (χ2n) is 13.0. The van der Waals surface area contributed by atoms with E-state index in [4.69, 9.17) is 46.4 Å². The van der Waals surface area contributed by atoms with Crippen molar-refractivity contribution < 1.29 is 0 Å². The van der Waals surface area contributed by atoms with Gasteiger partial charge >= 0.3 is 0 Å². The molecule has 4 heterocycles. The van der Waals surface area contributed by atoms with E-state index in [0.29, 0.717) is 20.1 Å². The SMILES string of the molecule is Cc1nn(C)c2c1C(c1ccc(Cl)cc1Cl)SC(C)(C)CN2.Cc1nn(C)c2c1C(c1ccc(Cl)cc1Cl)SC(C)(C)CN2C.Cl. The van der Waals surface area contributed by atoms with E-state index in [-0.39, 0.29) is 32.4 Å². The van der Waals surface area contributed by atoms with E-state index < -0.39 is 0 Å². The van der Waals surface area contributed by atoms with Crippen LogP contribution in [0, 0.1) is 13.8 Å². The van der Waals surface area contributed by atoms with E-state index in [0.717, 1.165) is 47.2 Å². The Morgan fingerprint density at radius 3 is 1.76 bits per heavy atom. The number of thioether (sulfide) groups is 2. The van der Waals surface area contributed by atoms with Crippen LogP contribution in [0.2, 0.25) is 20.1 Å². The lowest BCUT2D eigenvalue weighted by Gasteiger charge is -2.29. The standard InChI is InChI=1S/C17H21Cl2N3S.C16H19Cl2N3S.ClH/c1-10-14-15(12-7-6-11(18)8-13(12)19)23-17(2,3)9-21(4)16(14)22(5)20-10;1-9-13-14(11-6-5-10(17)7-12(11)18)22-16(2,3)8-19-15(13)21(4)20-9;/h6-8,15H,9H2,1-5H3;5-7,14,19H,8H2,1-4H3;1H. The molecule has 2 aromatic heterocycles. The quantitative estimate of drug-likeness (QED) is 0.220. The number of aryl methyl sites for hydroxylation is 4. The highest BCUT2D eigenvalue weighted by molar-refractivity contribution is 8.01. The lowest BCUT2D eigenvalue weighted by atomic mass is 10.0. The molecule has 2 atom stereocenters. The van der Waals surface area contributed by atoms with Crippen molar-refractivity contribution in [2.24, 2.45) is 14.1 Å². The molecule has 2 unspecified atom stereocenters. The second-order valence-corrected chi connectivity index (χ2v) is 18.3. The molecule has 0 aliphatic carbocycles. The summed E-state index contributed by atoms with van der Waals surface area (Å²) in [6.07, 6.45) is 0. The van der Waals surface area contributed by atoms with Gasteiger partial charge in [0.2, 0.25) is 0 Å². The minimum atomic E-state index is 0. The Morgan fingerprint density at radius 2 is 1.22 bits per heavy atom. The van der Waals surface area contributed by atoms with Crippen LogP contribution in [-0.4, -0.2) is 49.2 Å². The molecular weight excluding hydrogens is 722 g/mol. The van der Waals surface area contributed by atoms with Crippen LogP contribution in [0.4, 0.5) is 11.6 Å². The summed E-state index contributed by atoms with van der Waals surface area (Å²) in [6.45, 7) is 15.0. The number of fused-ring (bicyclic) bond motifs is 2. The fourth-order valence-corrected chi connectivity index (χ4v) is 10.6. The molecule has 4 aromatic rings. The number of rotatable bonds is 2. The molecule has 2 aliphatic rings. The van der Waals surface area contributed by atoms with E-state index >= 15 is 0 Å². The third kappa shape index (κ3) is 7.74. The summed E-state index contributed by atoms with van der Waals surface area (Å²) < 4.78 is 4.07. The summed E-state index contributed by atoms with van der Waals surface area (Å²) in [5.41, 5.74) is 6.73. The van der Waals surface area contributed by atoms with Gasteiger partial charge in [-0.25, -0.2) is 0 Å². The molecule has 2 aromatic carbocycles. The van der Waals surface area contributed by atoms with Gasteiger partial charge < -0.3 is 10.2 Å². The van der Waals surface area contributed by atoms with Crippen LogP contribution >= 0.6 is 82.3 Å². The highest BCUT2D eigenvalue weighted by atomic mass is 35.5. The van der Waals surface area contributed by atoms with Gasteiger partial charge in [0.15, 0.2) is 0 Å². The van der Waals surface area contributed by atoms with Gasteiger partial charge in [0.1, 0.15) is 11.6 Å². The highest BCUT2D eigenvalue weighted by Crippen LogP contribution is 2.52. The number of halogens is 5. The molecule has 0 spiro atoms. The van der Waals surface area contributed by atoms with E-state index in [1.54, 1.807) is 0 Å². The Bertz CT molecular complexity index is 1730. The van der Waals surface area contributed by atoms with Gasteiger partial charge in [-0.05, 0) is 76.9 Å². The second kappa shape index (κ2) is 14.2. The Kier molecular flexibility index (Phi) is 11.6. The van der Waals surface area contributed by atoms with Crippen molar-refractivity contribution in [1.82, 2.24) is 19.6 Å². The van der Waals surface area contributed by atoms with Crippen molar-refractivity contribution in [1.29, 1.82) is 0 Å². The average molecular weight is 763 g/mol. The zero-order valence-electron chi connectivity index (χ0n) is 27.5. The normalized spacial score (nSPS) is 19.8. The van der Waals surface area contributed by atoms with Crippen LogP contribution in [0.15, 0.2) is 36.4 Å². The molecule has 0 bridgehead atoms. The number of nitrogens with one attached hydrogen (secondary N) is 1. The molecule has 0 amide bonds. The number of hydrogen-bond donors (Lipinski definition) is 1. The first-order chi connectivity index (χ1) is 21.0. The van der Waals surface area contributed by atoms with Crippen LogP contribution < -0.4 is 10.2 Å². The maximum Gasteiger partial charge on any atom is 0.131 e. The van der Waals surface area contributed by atoms with Crippen LogP contribution in [0.25, 0.3) is 0 Å². The first-order valence-electron chi connectivity index (χ1n) is 14.8. The fraction of sp³-hybridized carbons (Fsp3) is 0.455. The average Bonchev–Trinajstić information content (AvgIpc) is 3.27. The van der Waals surface area contributed by atoms with Gasteiger partial charge in [-0.15, -0.1) is 35.9 Å². The Labute approximate surface area is 307 Å². The molecule has 46 heavy (non-hydrogen) atoms. The van der Waals surface area contributed by atoms with E-state index in [2.05, 4.69) is 69.0 Å². The maximum atomic E-state index is 6.53. The number of aromatic nitrogens is 4. The van der Waals surface area contributed by atoms with Gasteiger partial charge in [0, 0.05) is 74.9 Å². The fourth-order valence-electron chi connectivity index (χ4n) is 6.26. The molecule has 2 aliphatic heterocycles. The van der Waals surface area contributed by atoms with Gasteiger partial charge in [0.25, 0.3) is 0 Å². The smallest absolute Gasteiger partial charge is 0.131 e. The summed E-state index contributed by atoms with van der Waals surface area (Å²) in [4.78, 5) is 2.30. The van der Waals surface area contributed by atoms with Crippen molar-refractivity contribution in [3.05, 3.63) is 90.1 Å². The number of anilines is 2. The zero-order valence-corrected chi connectivity index (χ0v) is 33.0. The van der Waals surface area contributed by atoms with E-state index in [1.165, 1.54) is 11.1 Å². The summed E-state index contributed by atoms with van der Waals surface area (Å²) in [7, 11) is 6.11. The van der Waals surface area contributed by atoms with Gasteiger partial charge in [-0.3, -0.25) is 9.36 Å². The Hall–Kier alpha value is -1.39. The molecule has 1 N–H and O–H groups in total. The topological polar surface area (TPSA) is 50.9 Å². The highest BCUT2D eigenvalue weighted by Gasteiger charge is 2.38. The third-order valence-electron chi connectivity index (χ3n) is 8.05. The van der Waals surface area contributed by atoms with Crippen LogP contribution in [-0.2, 0) is 14.1 Å². The number of hydrogen-bond acceptors (Lipinski definition) is 6. The van der Waals surface area contributed by atoms with Crippen LogP contribution in [0.3, 0.4) is 0 Å². The summed E-state index contributed by atoms with van der Waals surface area (Å²) >= 11 is 29.0. The van der Waals surface area contributed by atoms with Gasteiger partial charge in [-0.2, -0.15) is 10.2 Å². The lowest BCUT2D eigenvalue weighted by Crippen LogP contribution is -2.33. The minimum absolute atomic E-state index is 0. The monoisotopic (exact) mass is 760 g/mol. The largest absolute Gasteiger partial charge is 0.369 e. The zero-order chi connectivity index (χ0) is 33.0. The predicted molar refractivity (Wildman–Crippen MR) is 205 cm³/mol. The summed E-state index contributed by atoms with van der Waals surface area (Å²) in [6, 6.07) is 11.5. The van der Waals surface area contributed by atoms with Crippen molar-refractivity contribution in [3.8, 4) is 0 Å². The van der Waals surface area contributed by atoms with Crippen LogP contribution in [0.1, 0.15) is 71.8 Å². The molecule has 250 valence electrons. The molecule has 6 nitrogen and oxygen atoms in total. The molecular formula is C33H41Cl5N6S2. The molecule has 0 radical (unpaired) electrons. The van der Waals surface area contributed by atoms with Gasteiger partial charge in [0.05, 0.1) is 21.9 Å². The van der Waals surface area contributed by atoms with Crippen molar-refractivity contribution >= 4 is 94.0 Å². The number of benzene rings is 2. The molecule has 0 saturated carbocycles. The van der Waals surface area contributed by atoms with Crippen molar-refractivity contribution in [2.45, 2.75) is 61.5 Å². The first kappa shape index (κ1) is 37.4. The number of nitrogens with zero attached hydrogens (tertiary/aromatic N) is 5. The van der Waals surface area contributed by atoms with E-state index in [9.17, 15) is 0 Å². The molecule has 0 fully saturated rings. The van der Waals surface area contributed by atoms with E-state index in [1.807, 2.05) is 83.4 Å². The van der Waals surface area contributed by atoms with Gasteiger partial charge in [-0.1, -0.05) is 58.5 Å². The van der Waals surface area contributed by atoms with Crippen molar-refractivity contribution in [3.63, 3.8) is 0 Å². The molecule has 0 saturated heterocycles. The van der Waals surface area contributed by atoms with Crippen molar-refractivity contribution in [2.75, 3.05) is 30.4 Å². The first-order valence-corrected chi connectivity index (χ1v) is 18.0. The molecule has 6 rings (SSSR count). The molecule has 13 heteroatoms. The predicted octanol–water partition coefficient (Wildman–Crippen LogP) is 10.6. The maximum absolute atomic E-state index is 6.53. The minimum Gasteiger partial charge on any atom is -0.369 e.